The number of likely N-dealkylation sites (N-methyl/N-ethyl adjacent to an activating group) is 1. The number of nitrogens with zero attached hydrogens (tertiary/aromatic N) is 1. The second-order valence-corrected chi connectivity index (χ2v) is 19.8. The van der Waals surface area contributed by atoms with E-state index in [2.05, 4.69) is 10.6 Å². The molecule has 18 heteroatoms. The molecule has 0 aromatic carbocycles. The lowest BCUT2D eigenvalue weighted by Crippen LogP contribution is -2.70. The van der Waals surface area contributed by atoms with E-state index in [4.69, 9.17) is 33.2 Å². The number of fused-ring (bicyclic) bond motifs is 1. The van der Waals surface area contributed by atoms with Crippen LogP contribution in [0.25, 0.3) is 0 Å². The van der Waals surface area contributed by atoms with Crippen LogP contribution in [0.5, 0.6) is 0 Å². The van der Waals surface area contributed by atoms with Crippen LogP contribution in [0.3, 0.4) is 0 Å². The van der Waals surface area contributed by atoms with E-state index in [1.165, 1.54) is 21.1 Å². The summed E-state index contributed by atoms with van der Waals surface area (Å²) in [6.07, 6.45) is -14.1. The maximum Gasteiger partial charge on any atom is 0.428 e. The highest BCUT2D eigenvalue weighted by Crippen LogP contribution is 2.45. The number of halogens is 3. The van der Waals surface area contributed by atoms with Crippen molar-refractivity contribution in [1.82, 2.24) is 15.5 Å². The molecule has 1 saturated carbocycles. The van der Waals surface area contributed by atoms with Gasteiger partial charge < -0.3 is 64.2 Å². The monoisotopic (exact) mass is 884 g/mol. The number of ether oxygens (including phenoxy) is 7. The molecule has 4 aliphatic heterocycles. The molecule has 0 amide bonds. The van der Waals surface area contributed by atoms with Crippen molar-refractivity contribution in [2.45, 2.75) is 210 Å². The maximum absolute atomic E-state index is 14.4. The molecular weight excluding hydrogens is 807 g/mol. The summed E-state index contributed by atoms with van der Waals surface area (Å²) in [7, 11) is 2.86. The number of carbonyl (C=O) groups excluding carboxylic acids is 1. The number of aliphatic hydroxyl groups excluding tert-OH is 1. The van der Waals surface area contributed by atoms with E-state index in [0.29, 0.717) is 5.92 Å². The number of rotatable bonds is 10. The smallest absolute Gasteiger partial charge is 0.428 e. The Hall–Kier alpha value is -1.26. The molecule has 5 rings (SSSR count). The predicted molar refractivity (Wildman–Crippen MR) is 217 cm³/mol. The summed E-state index contributed by atoms with van der Waals surface area (Å²) >= 11 is 0. The maximum atomic E-state index is 14.4. The summed E-state index contributed by atoms with van der Waals surface area (Å²) in [6, 6.07) is -1.39. The number of hydrogen-bond donors (Lipinski definition) is 6. The Labute approximate surface area is 360 Å². The van der Waals surface area contributed by atoms with Gasteiger partial charge in [0.15, 0.2) is 12.6 Å². The first-order chi connectivity index (χ1) is 28.2. The van der Waals surface area contributed by atoms with Crippen LogP contribution < -0.4 is 10.6 Å². The first kappa shape index (κ1) is 50.7. The molecule has 0 radical (unpaired) electrons. The van der Waals surface area contributed by atoms with Crippen molar-refractivity contribution in [3.8, 4) is 0 Å². The molecule has 356 valence electrons. The number of cyclic esters (lactones) is 1. The largest absolute Gasteiger partial charge is 0.459 e. The summed E-state index contributed by atoms with van der Waals surface area (Å²) < 4.78 is 86.7. The van der Waals surface area contributed by atoms with Crippen molar-refractivity contribution >= 4 is 5.97 Å². The summed E-state index contributed by atoms with van der Waals surface area (Å²) in [5.74, 6) is -2.58. The standard InChI is InChI=1S/C43H76F3N3O12/c1-13-30-41(10,53)34(50)26(6)48-19-22(2)17-39(8,52)35(61-37-33-29(16-23(3)56-37)49(11)38(60-33)43(44,45)46)24(4)32(25(5)36(51)58-30)59-31-18-40(9,55-12)42(54,27(7)57-31)21-47-20-28-14-15-28/h22-35,37-38,47-48,50,52-54H,13-21H2,1-12H3/t22-,23-,24+,25-,26-,27+,29+,30-,31+,32+,33-,34-,35-,37+,38?,39-,40-,41-,42+/m1/s1. The molecule has 1 unspecified atom stereocenters. The quantitative estimate of drug-likeness (QED) is 0.175. The molecule has 5 aliphatic rings. The first-order valence-corrected chi connectivity index (χ1v) is 22.3. The third kappa shape index (κ3) is 10.9. The highest BCUT2D eigenvalue weighted by molar-refractivity contribution is 5.73. The summed E-state index contributed by atoms with van der Waals surface area (Å²) in [6.45, 7) is 18.0. The van der Waals surface area contributed by atoms with Crippen LogP contribution in [0, 0.1) is 23.7 Å². The molecule has 0 aromatic rings. The van der Waals surface area contributed by atoms with Gasteiger partial charge in [-0.05, 0) is 113 Å². The van der Waals surface area contributed by atoms with Gasteiger partial charge >= 0.3 is 12.1 Å². The zero-order chi connectivity index (χ0) is 45.6. The number of carbonyl (C=O) groups is 1. The molecule has 6 N–H and O–H groups in total. The van der Waals surface area contributed by atoms with E-state index in [9.17, 15) is 38.4 Å². The number of alkyl halides is 3. The summed E-state index contributed by atoms with van der Waals surface area (Å²) in [5, 5.41) is 54.5. The lowest BCUT2D eigenvalue weighted by Gasteiger charge is -2.53. The van der Waals surface area contributed by atoms with Gasteiger partial charge in [0, 0.05) is 38.1 Å². The van der Waals surface area contributed by atoms with Gasteiger partial charge in [0.25, 0.3) is 0 Å². The fourth-order valence-corrected chi connectivity index (χ4v) is 10.3. The van der Waals surface area contributed by atoms with Gasteiger partial charge in [-0.3, -0.25) is 9.69 Å². The zero-order valence-electron chi connectivity index (χ0n) is 38.2. The van der Waals surface area contributed by atoms with Gasteiger partial charge in [0.2, 0.25) is 6.23 Å². The lowest BCUT2D eigenvalue weighted by molar-refractivity contribution is -0.336. The van der Waals surface area contributed by atoms with E-state index < -0.39 is 120 Å². The zero-order valence-corrected chi connectivity index (χ0v) is 38.2. The van der Waals surface area contributed by atoms with Gasteiger partial charge in [0.05, 0.1) is 35.9 Å². The van der Waals surface area contributed by atoms with Gasteiger partial charge in [-0.15, -0.1) is 0 Å². The molecule has 1 aliphatic carbocycles. The van der Waals surface area contributed by atoms with Crippen LogP contribution in [-0.4, -0.2) is 167 Å². The van der Waals surface area contributed by atoms with Crippen molar-refractivity contribution in [1.29, 1.82) is 0 Å². The number of methoxy groups -OCH3 is 1. The van der Waals surface area contributed by atoms with Crippen molar-refractivity contribution in [3.63, 3.8) is 0 Å². The molecule has 5 fully saturated rings. The van der Waals surface area contributed by atoms with E-state index in [0.717, 1.165) is 24.3 Å². The molecule has 15 nitrogen and oxygen atoms in total. The molecule has 19 atom stereocenters. The Bertz CT molecular complexity index is 1460. The average Bonchev–Trinajstić information content (AvgIpc) is 3.94. The van der Waals surface area contributed by atoms with Gasteiger partial charge in [-0.25, -0.2) is 0 Å². The topological polar surface area (TPSA) is 190 Å². The minimum atomic E-state index is -4.70. The van der Waals surface area contributed by atoms with Crippen LogP contribution >= 0.6 is 0 Å². The van der Waals surface area contributed by atoms with E-state index >= 15 is 0 Å². The molecular formula is C43H76F3N3O12. The predicted octanol–water partition coefficient (Wildman–Crippen LogP) is 3.22. The minimum absolute atomic E-state index is 0.0213. The summed E-state index contributed by atoms with van der Waals surface area (Å²) in [4.78, 5) is 15.5. The number of hydrogen-bond acceptors (Lipinski definition) is 15. The van der Waals surface area contributed by atoms with Crippen molar-refractivity contribution in [3.05, 3.63) is 0 Å². The molecule has 0 aromatic heterocycles. The third-order valence-electron chi connectivity index (χ3n) is 14.5. The molecule has 61 heavy (non-hydrogen) atoms. The Morgan fingerprint density at radius 2 is 1.64 bits per heavy atom. The second kappa shape index (κ2) is 19.3. The highest BCUT2D eigenvalue weighted by Gasteiger charge is 2.61. The Morgan fingerprint density at radius 3 is 2.23 bits per heavy atom. The lowest BCUT2D eigenvalue weighted by atomic mass is 9.75. The molecule has 0 bridgehead atoms. The van der Waals surface area contributed by atoms with Crippen molar-refractivity contribution in [2.75, 3.05) is 33.8 Å². The normalized spacial score (nSPS) is 48.8. The van der Waals surface area contributed by atoms with Gasteiger partial charge in [-0.2, -0.15) is 13.2 Å². The van der Waals surface area contributed by atoms with Crippen LogP contribution in [-0.2, 0) is 38.0 Å². The number of esters is 1. The number of nitrogens with one attached hydrogen (secondary N) is 2. The minimum Gasteiger partial charge on any atom is -0.459 e. The fourth-order valence-electron chi connectivity index (χ4n) is 10.3. The van der Waals surface area contributed by atoms with E-state index in [1.807, 2.05) is 6.92 Å². The highest BCUT2D eigenvalue weighted by atomic mass is 19.4. The van der Waals surface area contributed by atoms with E-state index in [-0.39, 0.29) is 44.7 Å². The van der Waals surface area contributed by atoms with Crippen LogP contribution in [0.4, 0.5) is 13.2 Å². The summed E-state index contributed by atoms with van der Waals surface area (Å²) in [5.41, 5.74) is -6.31. The average molecular weight is 884 g/mol. The molecule has 0 spiro atoms. The molecule has 4 saturated heterocycles. The fraction of sp³-hybridized carbons (Fsp3) is 0.977. The van der Waals surface area contributed by atoms with Crippen LogP contribution in [0.15, 0.2) is 0 Å². The van der Waals surface area contributed by atoms with Crippen LogP contribution in [0.1, 0.15) is 108 Å². The Balaban J connectivity index is 1.55. The Kier molecular flexibility index (Phi) is 16.0. The van der Waals surface area contributed by atoms with Crippen molar-refractivity contribution < 1.29 is 71.5 Å². The molecule has 4 heterocycles. The SMILES string of the molecule is CC[C@H]1OC(=O)[C@H](C)[C@@H](O[C@H]2C[C@@](C)(OC)[C@](O)(CNCC3CC3)[C@H](C)O2)[C@H](C)[C@@H](O[C@@H]2O[C@H](C)C[C@H]3[C@H]2OC(C(F)(F)F)N3C)[C@](C)(O)C[C@@H](C)CN[C@H](C)[C@@H](O)[C@]1(C)O. The van der Waals surface area contributed by atoms with Crippen LogP contribution in [0.2, 0.25) is 0 Å². The first-order valence-electron chi connectivity index (χ1n) is 22.3. The van der Waals surface area contributed by atoms with Crippen molar-refractivity contribution in [2.24, 2.45) is 23.7 Å². The van der Waals surface area contributed by atoms with Gasteiger partial charge in [-0.1, -0.05) is 20.8 Å². The van der Waals surface area contributed by atoms with E-state index in [1.54, 1.807) is 55.4 Å². The number of aliphatic hydroxyl groups is 4. The third-order valence-corrected chi connectivity index (χ3v) is 14.5. The Morgan fingerprint density at radius 1 is 0.984 bits per heavy atom. The van der Waals surface area contributed by atoms with Gasteiger partial charge in [0.1, 0.15) is 35.1 Å². The second-order valence-electron chi connectivity index (χ2n) is 19.8.